The molecule has 0 aliphatic carbocycles. The summed E-state index contributed by atoms with van der Waals surface area (Å²) >= 11 is 6.21. The first-order chi connectivity index (χ1) is 20.9. The van der Waals surface area contributed by atoms with Crippen LogP contribution >= 0.6 is 11.6 Å². The molecule has 7 rings (SSSR count). The largest absolute Gasteiger partial charge is 0.497 e. The molecule has 0 saturated carbocycles. The van der Waals surface area contributed by atoms with Crippen LogP contribution < -0.4 is 15.0 Å². The van der Waals surface area contributed by atoms with Gasteiger partial charge in [0.2, 0.25) is 0 Å². The molecule has 8 nitrogen and oxygen atoms in total. The number of aromatic amines is 1. The molecule has 1 saturated heterocycles. The fourth-order valence-electron chi connectivity index (χ4n) is 6.13. The van der Waals surface area contributed by atoms with E-state index in [1.54, 1.807) is 42.3 Å². The number of ether oxygens (including phenoxy) is 1. The van der Waals surface area contributed by atoms with Gasteiger partial charge in [-0.15, -0.1) is 0 Å². The minimum atomic E-state index is -0.676. The molecule has 4 aromatic carbocycles. The van der Waals surface area contributed by atoms with Crippen molar-refractivity contribution in [2.75, 3.05) is 12.0 Å². The summed E-state index contributed by atoms with van der Waals surface area (Å²) in [5.74, 6) is 0.123. The highest BCUT2D eigenvalue weighted by atomic mass is 35.5. The van der Waals surface area contributed by atoms with Crippen LogP contribution in [0, 0.1) is 0 Å². The quantitative estimate of drug-likeness (QED) is 0.229. The molecule has 2 N–H and O–H groups in total. The van der Waals surface area contributed by atoms with E-state index in [9.17, 15) is 14.4 Å². The molecule has 0 unspecified atom stereocenters. The van der Waals surface area contributed by atoms with Gasteiger partial charge in [0.05, 0.1) is 12.8 Å². The summed E-state index contributed by atoms with van der Waals surface area (Å²) in [6.45, 7) is 0.279. The van der Waals surface area contributed by atoms with E-state index in [2.05, 4.69) is 10.3 Å². The van der Waals surface area contributed by atoms with Crippen molar-refractivity contribution < 1.29 is 19.1 Å². The number of hydrogen-bond donors (Lipinski definition) is 2. The monoisotopic (exact) mass is 590 g/mol. The number of amides is 4. The highest BCUT2D eigenvalue weighted by molar-refractivity contribution is 6.31. The number of para-hydroxylation sites is 1. The molecule has 0 radical (unpaired) electrons. The zero-order chi connectivity index (χ0) is 29.7. The van der Waals surface area contributed by atoms with Gasteiger partial charge in [0.25, 0.3) is 11.8 Å². The smallest absolute Gasteiger partial charge is 0.332 e. The van der Waals surface area contributed by atoms with Crippen molar-refractivity contribution in [3.8, 4) is 5.75 Å². The van der Waals surface area contributed by atoms with Gasteiger partial charge in [-0.25, -0.2) is 9.69 Å². The van der Waals surface area contributed by atoms with E-state index in [0.29, 0.717) is 28.4 Å². The number of H-pyrrole nitrogens is 1. The Balaban J connectivity index is 1.19. The molecule has 2 aliphatic heterocycles. The standard InChI is InChI=1S/C34H27ClN4O4/c1-43-24-16-12-20(13-17-24)31-30-26(25-7-3-5-9-28(25)37-30)18-29-33(41)38(34(42)39(29)31)23-14-10-21(11-15-23)32(40)36-19-22-6-2-4-8-27(22)35/h2-17,29,31,37H,18-19H2,1H3,(H,36,40)/t29-,31+/m0/s1. The van der Waals surface area contributed by atoms with Crippen molar-refractivity contribution in [1.82, 2.24) is 15.2 Å². The van der Waals surface area contributed by atoms with Crippen molar-refractivity contribution >= 4 is 46.0 Å². The normalized spacial score (nSPS) is 17.6. The number of imide groups is 1. The second-order valence-electron chi connectivity index (χ2n) is 10.6. The molecule has 0 spiro atoms. The van der Waals surface area contributed by atoms with Gasteiger partial charge in [-0.2, -0.15) is 0 Å². The third-order valence-electron chi connectivity index (χ3n) is 8.27. The Morgan fingerprint density at radius 2 is 1.67 bits per heavy atom. The topological polar surface area (TPSA) is 94.7 Å². The number of methoxy groups -OCH3 is 1. The van der Waals surface area contributed by atoms with E-state index in [0.717, 1.165) is 33.3 Å². The molecule has 1 fully saturated rings. The first kappa shape index (κ1) is 26.8. The second kappa shape index (κ2) is 10.6. The lowest BCUT2D eigenvalue weighted by molar-refractivity contribution is -0.120. The summed E-state index contributed by atoms with van der Waals surface area (Å²) in [5, 5.41) is 4.49. The van der Waals surface area contributed by atoms with Gasteiger partial charge < -0.3 is 15.0 Å². The van der Waals surface area contributed by atoms with Gasteiger partial charge >= 0.3 is 6.03 Å². The summed E-state index contributed by atoms with van der Waals surface area (Å²) in [6.07, 6.45) is 0.398. The van der Waals surface area contributed by atoms with E-state index in [1.165, 1.54) is 4.90 Å². The van der Waals surface area contributed by atoms with Gasteiger partial charge in [0.1, 0.15) is 17.8 Å². The third-order valence-corrected chi connectivity index (χ3v) is 8.63. The summed E-state index contributed by atoms with van der Waals surface area (Å²) in [7, 11) is 1.61. The number of nitrogens with one attached hydrogen (secondary N) is 2. The number of rotatable bonds is 6. The minimum Gasteiger partial charge on any atom is -0.497 e. The van der Waals surface area contributed by atoms with Crippen molar-refractivity contribution in [3.63, 3.8) is 0 Å². The SMILES string of the molecule is COc1ccc([C@@H]2c3[nH]c4ccccc4c3C[C@H]3C(=O)N(c4ccc(C(=O)NCc5ccccc5Cl)cc4)C(=O)N23)cc1. The molecular weight excluding hydrogens is 564 g/mol. The fraction of sp³-hybridized carbons (Fsp3) is 0.147. The first-order valence-electron chi connectivity index (χ1n) is 14.0. The molecule has 2 aliphatic rings. The van der Waals surface area contributed by atoms with Crippen LogP contribution in [0.15, 0.2) is 97.1 Å². The average molecular weight is 591 g/mol. The number of urea groups is 1. The number of nitrogens with zero attached hydrogens (tertiary/aromatic N) is 2. The van der Waals surface area contributed by atoms with Gasteiger partial charge in [-0.1, -0.05) is 60.1 Å². The van der Waals surface area contributed by atoms with Gasteiger partial charge in [0.15, 0.2) is 0 Å². The van der Waals surface area contributed by atoms with Crippen LogP contribution in [0.5, 0.6) is 5.75 Å². The first-order valence-corrected chi connectivity index (χ1v) is 14.3. The third kappa shape index (κ3) is 4.51. The van der Waals surface area contributed by atoms with Crippen molar-refractivity contribution in [1.29, 1.82) is 0 Å². The maximum Gasteiger partial charge on any atom is 0.332 e. The maximum atomic E-state index is 14.1. The Bertz CT molecular complexity index is 1880. The lowest BCUT2D eigenvalue weighted by Gasteiger charge is -2.36. The van der Waals surface area contributed by atoms with Crippen molar-refractivity contribution in [2.24, 2.45) is 0 Å². The lowest BCUT2D eigenvalue weighted by Crippen LogP contribution is -2.44. The average Bonchev–Trinajstić information content (AvgIpc) is 3.53. The molecule has 4 amide bonds. The number of anilines is 1. The molecule has 1 aromatic heterocycles. The van der Waals surface area contributed by atoms with E-state index < -0.39 is 18.1 Å². The maximum absolute atomic E-state index is 14.1. The Labute approximate surface area is 252 Å². The number of hydrogen-bond acceptors (Lipinski definition) is 4. The Morgan fingerprint density at radius 3 is 2.42 bits per heavy atom. The molecule has 214 valence electrons. The van der Waals surface area contributed by atoms with Gasteiger partial charge in [0, 0.05) is 40.1 Å². The number of carbonyl (C=O) groups is 3. The van der Waals surface area contributed by atoms with Crippen LogP contribution in [0.4, 0.5) is 10.5 Å². The van der Waals surface area contributed by atoms with Crippen molar-refractivity contribution in [2.45, 2.75) is 25.0 Å². The van der Waals surface area contributed by atoms with Crippen molar-refractivity contribution in [3.05, 3.63) is 130 Å². The fourth-order valence-corrected chi connectivity index (χ4v) is 6.33. The van der Waals surface area contributed by atoms with Gasteiger partial charge in [-0.05, 0) is 65.2 Å². The van der Waals surface area contributed by atoms with Crippen LogP contribution in [0.2, 0.25) is 5.02 Å². The van der Waals surface area contributed by atoms with Crippen LogP contribution in [0.1, 0.15) is 38.8 Å². The highest BCUT2D eigenvalue weighted by Crippen LogP contribution is 2.45. The predicted octanol–water partition coefficient (Wildman–Crippen LogP) is 6.24. The molecule has 9 heteroatoms. The summed E-state index contributed by atoms with van der Waals surface area (Å²) in [4.78, 5) is 47.3. The Morgan fingerprint density at radius 1 is 0.953 bits per heavy atom. The number of carbonyl (C=O) groups excluding carboxylic acids is 3. The van der Waals surface area contributed by atoms with E-state index >= 15 is 0 Å². The Kier molecular flexibility index (Phi) is 6.63. The second-order valence-corrected chi connectivity index (χ2v) is 11.1. The molecule has 5 aromatic rings. The number of benzene rings is 4. The summed E-state index contributed by atoms with van der Waals surface area (Å²) < 4.78 is 5.36. The van der Waals surface area contributed by atoms with Crippen LogP contribution in [0.25, 0.3) is 10.9 Å². The zero-order valence-corrected chi connectivity index (χ0v) is 24.0. The van der Waals surface area contributed by atoms with Crippen LogP contribution in [-0.4, -0.2) is 40.9 Å². The van der Waals surface area contributed by atoms with Gasteiger partial charge in [-0.3, -0.25) is 14.5 Å². The summed E-state index contributed by atoms with van der Waals surface area (Å²) in [5.41, 5.74) is 5.39. The number of aromatic nitrogens is 1. The Hall–Kier alpha value is -5.08. The van der Waals surface area contributed by atoms with Crippen LogP contribution in [-0.2, 0) is 17.8 Å². The van der Waals surface area contributed by atoms with Crippen LogP contribution in [0.3, 0.4) is 0 Å². The minimum absolute atomic E-state index is 0.279. The highest BCUT2D eigenvalue weighted by Gasteiger charge is 2.53. The number of halogens is 1. The molecule has 0 bridgehead atoms. The molecular formula is C34H27ClN4O4. The number of fused-ring (bicyclic) bond motifs is 4. The molecule has 43 heavy (non-hydrogen) atoms. The van der Waals surface area contributed by atoms with E-state index in [-0.39, 0.29) is 18.4 Å². The summed E-state index contributed by atoms with van der Waals surface area (Å²) in [6, 6.07) is 27.8. The predicted molar refractivity (Wildman–Crippen MR) is 164 cm³/mol. The lowest BCUT2D eigenvalue weighted by atomic mass is 9.89. The van der Waals surface area contributed by atoms with E-state index in [4.69, 9.17) is 16.3 Å². The molecule has 3 heterocycles. The molecule has 2 atom stereocenters. The zero-order valence-electron chi connectivity index (χ0n) is 23.2. The van der Waals surface area contributed by atoms with E-state index in [1.807, 2.05) is 66.7 Å².